The molecule has 1 aromatic rings. The normalized spacial score (nSPS) is 24.3. The summed E-state index contributed by atoms with van der Waals surface area (Å²) in [7, 11) is 0. The number of aliphatic hydroxyl groups excluding tert-OH is 1. The molecule has 1 aromatic carbocycles. The summed E-state index contributed by atoms with van der Waals surface area (Å²) in [6.45, 7) is 0. The van der Waals surface area contributed by atoms with E-state index in [1.165, 1.54) is 12.1 Å². The van der Waals surface area contributed by atoms with Gasteiger partial charge in [-0.25, -0.2) is 4.39 Å². The van der Waals surface area contributed by atoms with Gasteiger partial charge in [-0.3, -0.25) is 4.79 Å². The van der Waals surface area contributed by atoms with Crippen LogP contribution in [0.15, 0.2) is 24.3 Å². The summed E-state index contributed by atoms with van der Waals surface area (Å²) >= 11 is 0. The molecular formula is C14H18FNO2. The number of benzene rings is 1. The highest BCUT2D eigenvalue weighted by Crippen LogP contribution is 2.18. The number of carbonyl (C=O) groups is 1. The van der Waals surface area contributed by atoms with Crippen LogP contribution in [0.2, 0.25) is 0 Å². The Morgan fingerprint density at radius 1 is 1.22 bits per heavy atom. The molecule has 0 aromatic heterocycles. The summed E-state index contributed by atoms with van der Waals surface area (Å²) in [4.78, 5) is 11.9. The van der Waals surface area contributed by atoms with E-state index in [1.54, 1.807) is 12.1 Å². The van der Waals surface area contributed by atoms with Crippen molar-refractivity contribution in [3.63, 3.8) is 0 Å². The monoisotopic (exact) mass is 251 g/mol. The summed E-state index contributed by atoms with van der Waals surface area (Å²) in [5.41, 5.74) is 0.0361. The Bertz CT molecular complexity index is 422. The van der Waals surface area contributed by atoms with Crippen molar-refractivity contribution in [3.8, 4) is 0 Å². The highest BCUT2D eigenvalue weighted by Gasteiger charge is 2.24. The van der Waals surface area contributed by atoms with Crippen LogP contribution in [0.3, 0.4) is 0 Å². The summed E-state index contributed by atoms with van der Waals surface area (Å²) in [6, 6.07) is 5.62. The van der Waals surface area contributed by atoms with Crippen LogP contribution in [0.4, 0.5) is 4.39 Å². The van der Waals surface area contributed by atoms with Crippen molar-refractivity contribution in [2.75, 3.05) is 0 Å². The molecule has 2 atom stereocenters. The lowest BCUT2D eigenvalue weighted by molar-refractivity contribution is 0.0815. The fourth-order valence-electron chi connectivity index (χ4n) is 2.35. The lowest BCUT2D eigenvalue weighted by Gasteiger charge is -2.21. The lowest BCUT2D eigenvalue weighted by Crippen LogP contribution is -2.42. The first-order valence-corrected chi connectivity index (χ1v) is 6.42. The van der Waals surface area contributed by atoms with Crippen molar-refractivity contribution in [1.29, 1.82) is 0 Å². The van der Waals surface area contributed by atoms with E-state index in [0.717, 1.165) is 25.7 Å². The Morgan fingerprint density at radius 3 is 2.72 bits per heavy atom. The van der Waals surface area contributed by atoms with Crippen molar-refractivity contribution in [2.24, 2.45) is 0 Å². The summed E-state index contributed by atoms with van der Waals surface area (Å²) < 4.78 is 13.4. The van der Waals surface area contributed by atoms with Gasteiger partial charge in [0.05, 0.1) is 17.7 Å². The van der Waals surface area contributed by atoms with Gasteiger partial charge in [0.2, 0.25) is 0 Å². The maximum atomic E-state index is 13.4. The van der Waals surface area contributed by atoms with Crippen LogP contribution in [0.1, 0.15) is 42.5 Å². The van der Waals surface area contributed by atoms with Gasteiger partial charge in [-0.15, -0.1) is 0 Å². The van der Waals surface area contributed by atoms with E-state index >= 15 is 0 Å². The molecular weight excluding hydrogens is 233 g/mol. The Morgan fingerprint density at radius 2 is 1.94 bits per heavy atom. The molecule has 18 heavy (non-hydrogen) atoms. The zero-order valence-electron chi connectivity index (χ0n) is 10.2. The number of rotatable bonds is 2. The molecule has 1 fully saturated rings. The second-order valence-electron chi connectivity index (χ2n) is 4.77. The van der Waals surface area contributed by atoms with Crippen LogP contribution >= 0.6 is 0 Å². The van der Waals surface area contributed by atoms with Gasteiger partial charge in [-0.05, 0) is 25.0 Å². The van der Waals surface area contributed by atoms with E-state index in [4.69, 9.17) is 0 Å². The third-order valence-corrected chi connectivity index (χ3v) is 3.41. The molecule has 1 aliphatic rings. The lowest BCUT2D eigenvalue weighted by atomic mass is 10.1. The van der Waals surface area contributed by atoms with Crippen LogP contribution in [0.25, 0.3) is 0 Å². The molecule has 0 spiro atoms. The van der Waals surface area contributed by atoms with Gasteiger partial charge in [0.1, 0.15) is 5.82 Å². The molecule has 0 radical (unpaired) electrons. The van der Waals surface area contributed by atoms with Crippen LogP contribution in [-0.2, 0) is 0 Å². The zero-order valence-corrected chi connectivity index (χ0v) is 10.2. The first kappa shape index (κ1) is 13.0. The van der Waals surface area contributed by atoms with E-state index in [2.05, 4.69) is 5.32 Å². The number of halogens is 1. The van der Waals surface area contributed by atoms with E-state index in [1.807, 2.05) is 0 Å². The first-order chi connectivity index (χ1) is 8.68. The molecule has 0 saturated heterocycles. The van der Waals surface area contributed by atoms with Crippen molar-refractivity contribution in [2.45, 2.75) is 44.2 Å². The SMILES string of the molecule is O=C(NC1CCCCCC1O)c1ccccc1F. The summed E-state index contributed by atoms with van der Waals surface area (Å²) in [6.07, 6.45) is 3.96. The third-order valence-electron chi connectivity index (χ3n) is 3.41. The topological polar surface area (TPSA) is 49.3 Å². The minimum atomic E-state index is -0.530. The first-order valence-electron chi connectivity index (χ1n) is 6.42. The van der Waals surface area contributed by atoms with Gasteiger partial charge in [0.15, 0.2) is 0 Å². The van der Waals surface area contributed by atoms with Gasteiger partial charge < -0.3 is 10.4 Å². The quantitative estimate of drug-likeness (QED) is 0.792. The minimum absolute atomic E-state index is 0.0361. The number of hydrogen-bond acceptors (Lipinski definition) is 2. The highest BCUT2D eigenvalue weighted by atomic mass is 19.1. The highest BCUT2D eigenvalue weighted by molar-refractivity contribution is 5.94. The van der Waals surface area contributed by atoms with Crippen LogP contribution < -0.4 is 5.32 Å². The average molecular weight is 251 g/mol. The second-order valence-corrected chi connectivity index (χ2v) is 4.77. The predicted molar refractivity (Wildman–Crippen MR) is 66.7 cm³/mol. The van der Waals surface area contributed by atoms with E-state index in [0.29, 0.717) is 6.42 Å². The van der Waals surface area contributed by atoms with Crippen LogP contribution in [0.5, 0.6) is 0 Å². The molecule has 2 N–H and O–H groups in total. The molecule has 0 aliphatic heterocycles. The van der Waals surface area contributed by atoms with Gasteiger partial charge in [-0.1, -0.05) is 31.4 Å². The molecule has 4 heteroatoms. The molecule has 0 heterocycles. The second kappa shape index (κ2) is 5.96. The number of hydrogen-bond donors (Lipinski definition) is 2. The number of nitrogens with one attached hydrogen (secondary N) is 1. The number of amides is 1. The molecule has 0 bridgehead atoms. The van der Waals surface area contributed by atoms with E-state index in [-0.39, 0.29) is 11.6 Å². The fourth-order valence-corrected chi connectivity index (χ4v) is 2.35. The smallest absolute Gasteiger partial charge is 0.254 e. The maximum Gasteiger partial charge on any atom is 0.254 e. The van der Waals surface area contributed by atoms with Crippen molar-refractivity contribution >= 4 is 5.91 Å². The fraction of sp³-hybridized carbons (Fsp3) is 0.500. The van der Waals surface area contributed by atoms with Crippen LogP contribution in [-0.4, -0.2) is 23.2 Å². The Balaban J connectivity index is 2.04. The van der Waals surface area contributed by atoms with Gasteiger partial charge >= 0.3 is 0 Å². The van der Waals surface area contributed by atoms with E-state index < -0.39 is 17.8 Å². The summed E-state index contributed by atoms with van der Waals surface area (Å²) in [5, 5.41) is 12.6. The van der Waals surface area contributed by atoms with Crippen molar-refractivity contribution < 1.29 is 14.3 Å². The molecule has 3 nitrogen and oxygen atoms in total. The molecule has 2 unspecified atom stereocenters. The Labute approximate surface area is 106 Å². The van der Waals surface area contributed by atoms with Crippen LogP contribution in [0, 0.1) is 5.82 Å². The molecule has 1 saturated carbocycles. The number of carbonyl (C=O) groups excluding carboxylic acids is 1. The van der Waals surface area contributed by atoms with Crippen molar-refractivity contribution in [1.82, 2.24) is 5.32 Å². The van der Waals surface area contributed by atoms with E-state index in [9.17, 15) is 14.3 Å². The predicted octanol–water partition coefficient (Wildman–Crippen LogP) is 2.25. The Kier molecular flexibility index (Phi) is 4.31. The van der Waals surface area contributed by atoms with Crippen molar-refractivity contribution in [3.05, 3.63) is 35.6 Å². The standard InChI is InChI=1S/C14H18FNO2/c15-11-7-5-4-6-10(11)14(18)16-12-8-2-1-3-9-13(12)17/h4-7,12-13,17H,1-3,8-9H2,(H,16,18). The molecule has 2 rings (SSSR count). The van der Waals surface area contributed by atoms with Gasteiger partial charge in [0.25, 0.3) is 5.91 Å². The molecule has 98 valence electrons. The summed E-state index contributed by atoms with van der Waals surface area (Å²) in [5.74, 6) is -0.975. The van der Waals surface area contributed by atoms with Gasteiger partial charge in [0, 0.05) is 0 Å². The molecule has 1 amide bonds. The zero-order chi connectivity index (χ0) is 13.0. The average Bonchev–Trinajstić information content (AvgIpc) is 2.55. The molecule has 1 aliphatic carbocycles. The Hall–Kier alpha value is -1.42. The third kappa shape index (κ3) is 3.07. The minimum Gasteiger partial charge on any atom is -0.391 e. The number of aliphatic hydroxyl groups is 1. The van der Waals surface area contributed by atoms with Gasteiger partial charge in [-0.2, -0.15) is 0 Å². The maximum absolute atomic E-state index is 13.4. The largest absolute Gasteiger partial charge is 0.391 e.